The molecular weight excluding hydrogens is 352 g/mol. The second-order valence-electron chi connectivity index (χ2n) is 9.32. The smallest absolute Gasteiger partial charge is 0.408 e. The summed E-state index contributed by atoms with van der Waals surface area (Å²) in [6.07, 6.45) is 3.44. The number of rotatable bonds is 4. The van der Waals surface area contributed by atoms with E-state index < -0.39 is 17.7 Å². The molecule has 1 atom stereocenters. The van der Waals surface area contributed by atoms with E-state index in [9.17, 15) is 9.90 Å². The van der Waals surface area contributed by atoms with Gasteiger partial charge >= 0.3 is 6.09 Å². The van der Waals surface area contributed by atoms with Crippen molar-refractivity contribution in [2.75, 3.05) is 0 Å². The average Bonchev–Trinajstić information content (AvgIpc) is 3.19. The first-order valence-electron chi connectivity index (χ1n) is 9.61. The van der Waals surface area contributed by atoms with Gasteiger partial charge in [-0.2, -0.15) is 0 Å². The number of hydrogen-bond donors (Lipinski definition) is 3. The van der Waals surface area contributed by atoms with Gasteiger partial charge in [-0.15, -0.1) is 0 Å². The predicted octanol–water partition coefficient (Wildman–Crippen LogP) is 5.25. The standard InChI is InChI=1S/C22H30N4O2/c1-21(2,3)18-13-24-19(25-18)17(26(20(27)28)22(4,5)6)11-14-12-23-16-10-8-7-9-15(14)16/h7-10,12-13,17,23H,11H2,1-6H3,(H,24,25)(H,27,28)/t17-/m1/s1. The van der Waals surface area contributed by atoms with Gasteiger partial charge in [-0.1, -0.05) is 39.0 Å². The molecule has 3 rings (SSSR count). The zero-order valence-corrected chi connectivity index (χ0v) is 17.5. The number of H-pyrrole nitrogens is 2. The van der Waals surface area contributed by atoms with Gasteiger partial charge in [0.1, 0.15) is 5.82 Å². The van der Waals surface area contributed by atoms with Crippen LogP contribution in [-0.4, -0.2) is 36.6 Å². The third-order valence-corrected chi connectivity index (χ3v) is 5.01. The number of carbonyl (C=O) groups is 1. The molecule has 0 aliphatic heterocycles. The Labute approximate surface area is 166 Å². The molecule has 6 heteroatoms. The summed E-state index contributed by atoms with van der Waals surface area (Å²) in [6.45, 7) is 12.0. The second-order valence-corrected chi connectivity index (χ2v) is 9.32. The zero-order valence-electron chi connectivity index (χ0n) is 17.5. The van der Waals surface area contributed by atoms with Crippen LogP contribution in [0.25, 0.3) is 10.9 Å². The Kier molecular flexibility index (Phi) is 5.00. The Morgan fingerprint density at radius 3 is 2.36 bits per heavy atom. The summed E-state index contributed by atoms with van der Waals surface area (Å²) < 4.78 is 0. The van der Waals surface area contributed by atoms with E-state index in [1.807, 2.05) is 51.4 Å². The summed E-state index contributed by atoms with van der Waals surface area (Å²) in [4.78, 5) is 25.1. The van der Waals surface area contributed by atoms with Crippen molar-refractivity contribution in [3.8, 4) is 0 Å². The minimum atomic E-state index is -0.953. The number of hydrogen-bond acceptors (Lipinski definition) is 2. The van der Waals surface area contributed by atoms with Crippen LogP contribution in [0.1, 0.15) is 64.7 Å². The van der Waals surface area contributed by atoms with Crippen molar-refractivity contribution in [2.45, 2.75) is 65.0 Å². The molecule has 0 aliphatic carbocycles. The van der Waals surface area contributed by atoms with E-state index in [-0.39, 0.29) is 5.41 Å². The van der Waals surface area contributed by atoms with Crippen molar-refractivity contribution in [2.24, 2.45) is 0 Å². The molecule has 3 N–H and O–H groups in total. The van der Waals surface area contributed by atoms with E-state index in [1.54, 1.807) is 0 Å². The SMILES string of the molecule is CC(C)(C)c1c[nH]c([C@@H](Cc2c[nH]c3ccccc23)N(C(=O)O)C(C)(C)C)n1. The van der Waals surface area contributed by atoms with Gasteiger partial charge in [0.2, 0.25) is 0 Å². The molecule has 2 aromatic heterocycles. The van der Waals surface area contributed by atoms with Gasteiger partial charge in [0.25, 0.3) is 0 Å². The number of aromatic amines is 2. The first-order valence-corrected chi connectivity index (χ1v) is 9.61. The Morgan fingerprint density at radius 2 is 1.79 bits per heavy atom. The van der Waals surface area contributed by atoms with E-state index >= 15 is 0 Å². The summed E-state index contributed by atoms with van der Waals surface area (Å²) in [5, 5.41) is 11.1. The molecule has 0 radical (unpaired) electrons. The number of fused-ring (bicyclic) bond motifs is 1. The molecule has 0 saturated heterocycles. The summed E-state index contributed by atoms with van der Waals surface area (Å²) in [5.41, 5.74) is 2.35. The quantitative estimate of drug-likeness (QED) is 0.576. The molecule has 0 aliphatic rings. The number of aromatic nitrogens is 3. The summed E-state index contributed by atoms with van der Waals surface area (Å²) in [6, 6.07) is 7.65. The highest BCUT2D eigenvalue weighted by Crippen LogP contribution is 2.33. The van der Waals surface area contributed by atoms with Gasteiger partial charge in [0.05, 0.1) is 11.7 Å². The lowest BCUT2D eigenvalue weighted by molar-refractivity contribution is 0.0671. The Balaban J connectivity index is 2.08. The number of para-hydroxylation sites is 1. The van der Waals surface area contributed by atoms with Gasteiger partial charge in [0, 0.05) is 40.7 Å². The molecule has 0 saturated carbocycles. The van der Waals surface area contributed by atoms with Crippen molar-refractivity contribution in [1.29, 1.82) is 0 Å². The van der Waals surface area contributed by atoms with Crippen LogP contribution in [0.2, 0.25) is 0 Å². The summed E-state index contributed by atoms with van der Waals surface area (Å²) in [7, 11) is 0. The lowest BCUT2D eigenvalue weighted by Gasteiger charge is -2.38. The Morgan fingerprint density at radius 1 is 1.11 bits per heavy atom. The van der Waals surface area contributed by atoms with Gasteiger partial charge in [-0.05, 0) is 32.4 Å². The molecule has 3 aromatic rings. The lowest BCUT2D eigenvalue weighted by Crippen LogP contribution is -2.48. The topological polar surface area (TPSA) is 85.0 Å². The third kappa shape index (κ3) is 3.91. The van der Waals surface area contributed by atoms with Crippen LogP contribution in [-0.2, 0) is 11.8 Å². The molecule has 0 unspecified atom stereocenters. The Bertz CT molecular complexity index is 972. The maximum Gasteiger partial charge on any atom is 0.408 e. The number of amides is 1. The molecular formula is C22H30N4O2. The van der Waals surface area contributed by atoms with Crippen molar-refractivity contribution >= 4 is 17.0 Å². The molecule has 150 valence electrons. The maximum absolute atomic E-state index is 12.2. The van der Waals surface area contributed by atoms with E-state index in [1.165, 1.54) is 4.90 Å². The first-order chi connectivity index (χ1) is 13.0. The van der Waals surface area contributed by atoms with Crippen molar-refractivity contribution in [3.05, 3.63) is 53.7 Å². The van der Waals surface area contributed by atoms with Crippen LogP contribution in [0.15, 0.2) is 36.7 Å². The monoisotopic (exact) mass is 382 g/mol. The summed E-state index contributed by atoms with van der Waals surface area (Å²) >= 11 is 0. The van der Waals surface area contributed by atoms with Crippen LogP contribution in [0.5, 0.6) is 0 Å². The first kappa shape index (κ1) is 20.0. The van der Waals surface area contributed by atoms with E-state index in [0.717, 1.165) is 22.2 Å². The average molecular weight is 383 g/mol. The molecule has 0 fully saturated rings. The van der Waals surface area contributed by atoms with Crippen molar-refractivity contribution in [1.82, 2.24) is 19.9 Å². The molecule has 28 heavy (non-hydrogen) atoms. The van der Waals surface area contributed by atoms with E-state index in [0.29, 0.717) is 12.2 Å². The number of imidazole rings is 1. The third-order valence-electron chi connectivity index (χ3n) is 5.01. The van der Waals surface area contributed by atoms with Crippen molar-refractivity contribution < 1.29 is 9.90 Å². The fourth-order valence-electron chi connectivity index (χ4n) is 3.60. The van der Waals surface area contributed by atoms with Crippen LogP contribution in [0.3, 0.4) is 0 Å². The highest BCUT2D eigenvalue weighted by molar-refractivity contribution is 5.83. The van der Waals surface area contributed by atoms with Crippen LogP contribution >= 0.6 is 0 Å². The zero-order chi connectivity index (χ0) is 20.7. The molecule has 0 bridgehead atoms. The number of carboxylic acid groups (broad SMARTS) is 1. The van der Waals surface area contributed by atoms with Gasteiger partial charge in [0.15, 0.2) is 0 Å². The number of nitrogens with one attached hydrogen (secondary N) is 2. The number of nitrogens with zero attached hydrogens (tertiary/aromatic N) is 2. The minimum Gasteiger partial charge on any atom is -0.465 e. The van der Waals surface area contributed by atoms with Crippen LogP contribution < -0.4 is 0 Å². The minimum absolute atomic E-state index is 0.115. The molecule has 1 aromatic carbocycles. The number of benzene rings is 1. The van der Waals surface area contributed by atoms with E-state index in [2.05, 4.69) is 36.8 Å². The molecule has 0 spiro atoms. The van der Waals surface area contributed by atoms with Crippen LogP contribution in [0, 0.1) is 0 Å². The van der Waals surface area contributed by atoms with Crippen LogP contribution in [0.4, 0.5) is 4.79 Å². The summed E-state index contributed by atoms with van der Waals surface area (Å²) in [5.74, 6) is 0.674. The fourth-order valence-corrected chi connectivity index (χ4v) is 3.60. The fraction of sp³-hybridized carbons (Fsp3) is 0.455. The molecule has 1 amide bonds. The predicted molar refractivity (Wildman–Crippen MR) is 112 cm³/mol. The lowest BCUT2D eigenvalue weighted by atomic mass is 9.93. The second kappa shape index (κ2) is 7.00. The Hall–Kier alpha value is -2.76. The highest BCUT2D eigenvalue weighted by Gasteiger charge is 2.36. The molecule has 6 nitrogen and oxygen atoms in total. The largest absolute Gasteiger partial charge is 0.465 e. The maximum atomic E-state index is 12.2. The van der Waals surface area contributed by atoms with Gasteiger partial charge < -0.3 is 15.1 Å². The normalized spacial score (nSPS) is 13.6. The van der Waals surface area contributed by atoms with Crippen molar-refractivity contribution in [3.63, 3.8) is 0 Å². The van der Waals surface area contributed by atoms with Gasteiger partial charge in [-0.25, -0.2) is 9.78 Å². The molecule has 2 heterocycles. The highest BCUT2D eigenvalue weighted by atomic mass is 16.4. The van der Waals surface area contributed by atoms with E-state index in [4.69, 9.17) is 4.98 Å². The van der Waals surface area contributed by atoms with Gasteiger partial charge in [-0.3, -0.25) is 4.90 Å².